The van der Waals surface area contributed by atoms with Gasteiger partial charge in [-0.25, -0.2) is 0 Å². The molecule has 0 aliphatic carbocycles. The molecule has 1 nitrogen and oxygen atoms in total. The molecule has 1 aromatic rings. The van der Waals surface area contributed by atoms with Crippen LogP contribution < -0.4 is 4.74 Å². The van der Waals surface area contributed by atoms with E-state index in [0.29, 0.717) is 0 Å². The Balaban J connectivity index is 2.66. The van der Waals surface area contributed by atoms with Gasteiger partial charge < -0.3 is 4.74 Å². The van der Waals surface area contributed by atoms with Gasteiger partial charge in [-0.2, -0.15) is 0 Å². The summed E-state index contributed by atoms with van der Waals surface area (Å²) in [5, 5.41) is 0. The molecule has 0 heterocycles. The fourth-order valence-electron chi connectivity index (χ4n) is 0.660. The van der Waals surface area contributed by atoms with Gasteiger partial charge in [-0.15, -0.1) is 0 Å². The molecule has 0 aliphatic rings. The molecule has 58 valence electrons. The van der Waals surface area contributed by atoms with E-state index in [1.54, 1.807) is 6.26 Å². The average Bonchev–Trinajstić information content (AvgIpc) is 2.04. The van der Waals surface area contributed by atoms with E-state index in [2.05, 4.69) is 15.9 Å². The molecular weight excluding hydrogens is 204 g/mol. The summed E-state index contributed by atoms with van der Waals surface area (Å²) in [6, 6.07) is 7.70. The van der Waals surface area contributed by atoms with Gasteiger partial charge in [0.1, 0.15) is 5.75 Å². The fraction of sp³-hybridized carbons (Fsp3) is 0.111. The number of hydrogen-bond acceptors (Lipinski definition) is 1. The Labute approximate surface area is 74.8 Å². The zero-order valence-electron chi connectivity index (χ0n) is 6.25. The van der Waals surface area contributed by atoms with Gasteiger partial charge in [0.2, 0.25) is 0 Å². The molecule has 1 aromatic carbocycles. The molecule has 0 aliphatic heterocycles. The normalized spacial score (nSPS) is 10.4. The first-order valence-electron chi connectivity index (χ1n) is 3.36. The van der Waals surface area contributed by atoms with Gasteiger partial charge >= 0.3 is 0 Å². The molecular formula is C9H9BrO. The SMILES string of the molecule is C/C=C/Oc1ccc(Br)cc1. The van der Waals surface area contributed by atoms with Gasteiger partial charge in [-0.1, -0.05) is 22.0 Å². The van der Waals surface area contributed by atoms with Crippen molar-refractivity contribution in [1.29, 1.82) is 0 Å². The Hall–Kier alpha value is -0.760. The molecule has 0 radical (unpaired) electrons. The van der Waals surface area contributed by atoms with Crippen molar-refractivity contribution in [3.63, 3.8) is 0 Å². The maximum atomic E-state index is 5.21. The first kappa shape index (κ1) is 8.34. The third-order valence-electron chi connectivity index (χ3n) is 1.15. The summed E-state index contributed by atoms with van der Waals surface area (Å²) in [5.74, 6) is 0.853. The number of ether oxygens (including phenoxy) is 1. The maximum absolute atomic E-state index is 5.21. The molecule has 0 fully saturated rings. The van der Waals surface area contributed by atoms with Crippen molar-refractivity contribution in [1.82, 2.24) is 0 Å². The Bertz CT molecular complexity index is 238. The minimum absolute atomic E-state index is 0.853. The van der Waals surface area contributed by atoms with Crippen molar-refractivity contribution in [2.75, 3.05) is 0 Å². The third kappa shape index (κ3) is 2.76. The van der Waals surface area contributed by atoms with Gasteiger partial charge in [0.25, 0.3) is 0 Å². The molecule has 0 amide bonds. The van der Waals surface area contributed by atoms with E-state index in [4.69, 9.17) is 4.74 Å². The fourth-order valence-corrected chi connectivity index (χ4v) is 0.924. The Kier molecular flexibility index (Phi) is 3.17. The molecule has 0 spiro atoms. The summed E-state index contributed by atoms with van der Waals surface area (Å²) < 4.78 is 6.27. The van der Waals surface area contributed by atoms with Crippen molar-refractivity contribution >= 4 is 15.9 Å². The van der Waals surface area contributed by atoms with E-state index in [0.717, 1.165) is 10.2 Å². The molecule has 1 rings (SSSR count). The zero-order chi connectivity index (χ0) is 8.10. The summed E-state index contributed by atoms with van der Waals surface area (Å²) in [5.41, 5.74) is 0. The lowest BCUT2D eigenvalue weighted by Gasteiger charge is -1.97. The average molecular weight is 213 g/mol. The minimum atomic E-state index is 0.853. The first-order chi connectivity index (χ1) is 5.33. The molecule has 2 heteroatoms. The zero-order valence-corrected chi connectivity index (χ0v) is 7.84. The molecule has 0 bridgehead atoms. The second-order valence-corrected chi connectivity index (χ2v) is 2.96. The predicted molar refractivity (Wildman–Crippen MR) is 49.6 cm³/mol. The number of benzene rings is 1. The molecule has 0 unspecified atom stereocenters. The van der Waals surface area contributed by atoms with E-state index < -0.39 is 0 Å². The lowest BCUT2D eigenvalue weighted by atomic mass is 10.3. The van der Waals surface area contributed by atoms with Gasteiger partial charge in [-0.05, 0) is 31.2 Å². The standard InChI is InChI=1S/C9H9BrO/c1-2-7-11-9-5-3-8(10)4-6-9/h2-7H,1H3/b7-2+. The summed E-state index contributed by atoms with van der Waals surface area (Å²) in [6.07, 6.45) is 3.51. The number of allylic oxidation sites excluding steroid dienone is 1. The van der Waals surface area contributed by atoms with Crippen LogP contribution in [0.5, 0.6) is 5.75 Å². The Morgan fingerprint density at radius 1 is 1.27 bits per heavy atom. The van der Waals surface area contributed by atoms with Gasteiger partial charge in [0.05, 0.1) is 6.26 Å². The Morgan fingerprint density at radius 2 is 1.91 bits per heavy atom. The van der Waals surface area contributed by atoms with Crippen LogP contribution in [-0.4, -0.2) is 0 Å². The van der Waals surface area contributed by atoms with Crippen LogP contribution >= 0.6 is 15.9 Å². The number of hydrogen-bond donors (Lipinski definition) is 0. The summed E-state index contributed by atoms with van der Waals surface area (Å²) in [6.45, 7) is 1.92. The van der Waals surface area contributed by atoms with E-state index in [1.165, 1.54) is 0 Å². The topological polar surface area (TPSA) is 9.23 Å². The quantitative estimate of drug-likeness (QED) is 0.684. The summed E-state index contributed by atoms with van der Waals surface area (Å²) >= 11 is 3.34. The lowest BCUT2D eigenvalue weighted by Crippen LogP contribution is -1.79. The van der Waals surface area contributed by atoms with Crippen molar-refractivity contribution in [2.24, 2.45) is 0 Å². The van der Waals surface area contributed by atoms with E-state index >= 15 is 0 Å². The van der Waals surface area contributed by atoms with Gasteiger partial charge in [0, 0.05) is 4.47 Å². The Morgan fingerprint density at radius 3 is 2.45 bits per heavy atom. The second-order valence-electron chi connectivity index (χ2n) is 2.04. The maximum Gasteiger partial charge on any atom is 0.126 e. The number of halogens is 1. The number of rotatable bonds is 2. The van der Waals surface area contributed by atoms with Crippen LogP contribution in [0.25, 0.3) is 0 Å². The second kappa shape index (κ2) is 4.19. The summed E-state index contributed by atoms with van der Waals surface area (Å²) in [7, 11) is 0. The monoisotopic (exact) mass is 212 g/mol. The van der Waals surface area contributed by atoms with E-state index in [1.807, 2.05) is 37.3 Å². The van der Waals surface area contributed by atoms with E-state index in [-0.39, 0.29) is 0 Å². The highest BCUT2D eigenvalue weighted by molar-refractivity contribution is 9.10. The molecule has 0 saturated carbocycles. The molecule has 0 aromatic heterocycles. The van der Waals surface area contributed by atoms with Crippen LogP contribution in [0.2, 0.25) is 0 Å². The van der Waals surface area contributed by atoms with Crippen molar-refractivity contribution in [3.8, 4) is 5.75 Å². The highest BCUT2D eigenvalue weighted by atomic mass is 79.9. The molecule has 11 heavy (non-hydrogen) atoms. The van der Waals surface area contributed by atoms with Gasteiger partial charge in [0.15, 0.2) is 0 Å². The third-order valence-corrected chi connectivity index (χ3v) is 1.68. The van der Waals surface area contributed by atoms with Crippen LogP contribution in [0, 0.1) is 0 Å². The smallest absolute Gasteiger partial charge is 0.126 e. The first-order valence-corrected chi connectivity index (χ1v) is 4.15. The van der Waals surface area contributed by atoms with Crippen LogP contribution in [0.15, 0.2) is 41.1 Å². The molecule has 0 saturated heterocycles. The largest absolute Gasteiger partial charge is 0.465 e. The van der Waals surface area contributed by atoms with Crippen LogP contribution in [0.1, 0.15) is 6.92 Å². The predicted octanol–water partition coefficient (Wildman–Crippen LogP) is 3.36. The van der Waals surface area contributed by atoms with Crippen molar-refractivity contribution in [2.45, 2.75) is 6.92 Å². The summed E-state index contributed by atoms with van der Waals surface area (Å²) in [4.78, 5) is 0. The van der Waals surface area contributed by atoms with Crippen molar-refractivity contribution in [3.05, 3.63) is 41.1 Å². The molecule has 0 atom stereocenters. The highest BCUT2D eigenvalue weighted by Crippen LogP contribution is 2.15. The van der Waals surface area contributed by atoms with Crippen LogP contribution in [-0.2, 0) is 0 Å². The van der Waals surface area contributed by atoms with Gasteiger partial charge in [-0.3, -0.25) is 0 Å². The lowest BCUT2D eigenvalue weighted by molar-refractivity contribution is 0.480. The minimum Gasteiger partial charge on any atom is -0.465 e. The van der Waals surface area contributed by atoms with E-state index in [9.17, 15) is 0 Å². The van der Waals surface area contributed by atoms with Crippen LogP contribution in [0.4, 0.5) is 0 Å². The van der Waals surface area contributed by atoms with Crippen LogP contribution in [0.3, 0.4) is 0 Å². The molecule has 0 N–H and O–H groups in total. The highest BCUT2D eigenvalue weighted by Gasteiger charge is 1.88. The van der Waals surface area contributed by atoms with Crippen molar-refractivity contribution < 1.29 is 4.74 Å².